The molecule has 4 N–H and O–H groups in total. The lowest BCUT2D eigenvalue weighted by molar-refractivity contribution is 0.239. The van der Waals surface area contributed by atoms with E-state index in [1.165, 1.54) is 116 Å². The summed E-state index contributed by atoms with van der Waals surface area (Å²) in [5.41, 5.74) is 3.69. The average Bonchev–Trinajstić information content (AvgIpc) is 3.11. The van der Waals surface area contributed by atoms with Crippen molar-refractivity contribution in [2.24, 2.45) is 0 Å². The molecule has 0 aliphatic carbocycles. The normalized spacial score (nSPS) is 11.3. The molecule has 0 radical (unpaired) electrons. The molecule has 0 aliphatic heterocycles. The standard InChI is InChI=1S/C43H74N6O2/c1-5-7-9-11-13-15-17-19-21-23-31-48(3)36-44-42(50)46-40-29-25-27-38(34-40)33-39-28-26-30-41(35-39)47-43(51)45-37-49(4)32-24-22-20-18-16-14-12-10-8-6-2/h25-30,34-35H,5-24,31-33,36-37H2,1-4H3,(H2,44,46,50)(H2,45,47,51). The van der Waals surface area contributed by atoms with E-state index >= 15 is 0 Å². The van der Waals surface area contributed by atoms with Gasteiger partial charge in [-0.05, 0) is 81.8 Å². The molecule has 2 aromatic rings. The van der Waals surface area contributed by atoms with Crippen LogP contribution in [0.4, 0.5) is 21.0 Å². The van der Waals surface area contributed by atoms with Crippen molar-refractivity contribution in [1.29, 1.82) is 0 Å². The summed E-state index contributed by atoms with van der Waals surface area (Å²) in [7, 11) is 4.11. The Kier molecular flexibility index (Phi) is 25.5. The number of carbonyl (C=O) groups excluding carboxylic acids is 2. The van der Waals surface area contributed by atoms with E-state index in [1.807, 2.05) is 36.4 Å². The summed E-state index contributed by atoms with van der Waals surface area (Å²) in [5.74, 6) is 0. The Labute approximate surface area is 312 Å². The lowest BCUT2D eigenvalue weighted by Gasteiger charge is -2.18. The first-order valence-electron chi connectivity index (χ1n) is 20.5. The van der Waals surface area contributed by atoms with E-state index in [1.54, 1.807) is 0 Å². The largest absolute Gasteiger partial charge is 0.325 e. The third kappa shape index (κ3) is 23.9. The van der Waals surface area contributed by atoms with Gasteiger partial charge in [0.2, 0.25) is 0 Å². The summed E-state index contributed by atoms with van der Waals surface area (Å²) in [6.45, 7) is 7.54. The van der Waals surface area contributed by atoms with Gasteiger partial charge in [0, 0.05) is 11.4 Å². The highest BCUT2D eigenvalue weighted by molar-refractivity contribution is 5.89. The second-order valence-corrected chi connectivity index (χ2v) is 14.7. The van der Waals surface area contributed by atoms with Gasteiger partial charge < -0.3 is 21.3 Å². The van der Waals surface area contributed by atoms with E-state index in [0.717, 1.165) is 48.4 Å². The van der Waals surface area contributed by atoms with E-state index < -0.39 is 0 Å². The van der Waals surface area contributed by atoms with Crippen LogP contribution >= 0.6 is 0 Å². The third-order valence-electron chi connectivity index (χ3n) is 9.58. The first kappa shape index (κ1) is 44.1. The third-order valence-corrected chi connectivity index (χ3v) is 9.58. The van der Waals surface area contributed by atoms with E-state index in [-0.39, 0.29) is 12.1 Å². The summed E-state index contributed by atoms with van der Waals surface area (Å²) in [5, 5.41) is 11.9. The number of hydrogen-bond donors (Lipinski definition) is 4. The Balaban J connectivity index is 1.61. The Hall–Kier alpha value is -3.10. The lowest BCUT2D eigenvalue weighted by Crippen LogP contribution is -2.38. The van der Waals surface area contributed by atoms with Crippen molar-refractivity contribution in [3.63, 3.8) is 0 Å². The average molecular weight is 707 g/mol. The molecule has 288 valence electrons. The van der Waals surface area contributed by atoms with Gasteiger partial charge >= 0.3 is 12.1 Å². The molecule has 0 bridgehead atoms. The second-order valence-electron chi connectivity index (χ2n) is 14.7. The smallest absolute Gasteiger partial charge is 0.320 e. The Bertz CT molecular complexity index is 1090. The summed E-state index contributed by atoms with van der Waals surface area (Å²) < 4.78 is 0. The van der Waals surface area contributed by atoms with Crippen LogP contribution in [0.3, 0.4) is 0 Å². The van der Waals surface area contributed by atoms with Gasteiger partial charge in [0.25, 0.3) is 0 Å². The number of unbranched alkanes of at least 4 members (excludes halogenated alkanes) is 18. The van der Waals surface area contributed by atoms with Crippen LogP contribution < -0.4 is 21.3 Å². The van der Waals surface area contributed by atoms with Crippen molar-refractivity contribution in [2.75, 3.05) is 51.2 Å². The molecule has 0 saturated carbocycles. The van der Waals surface area contributed by atoms with E-state index in [0.29, 0.717) is 19.8 Å². The van der Waals surface area contributed by atoms with Crippen LogP contribution in [0, 0.1) is 0 Å². The first-order valence-corrected chi connectivity index (χ1v) is 20.5. The van der Waals surface area contributed by atoms with Crippen molar-refractivity contribution < 1.29 is 9.59 Å². The highest BCUT2D eigenvalue weighted by Crippen LogP contribution is 2.18. The minimum absolute atomic E-state index is 0.201. The van der Waals surface area contributed by atoms with E-state index in [2.05, 4.69) is 71.1 Å². The van der Waals surface area contributed by atoms with Crippen LogP contribution in [0.15, 0.2) is 48.5 Å². The second kappa shape index (κ2) is 29.5. The van der Waals surface area contributed by atoms with Crippen molar-refractivity contribution in [3.05, 3.63) is 59.7 Å². The molecule has 51 heavy (non-hydrogen) atoms. The van der Waals surface area contributed by atoms with Crippen LogP contribution in [0.1, 0.15) is 153 Å². The van der Waals surface area contributed by atoms with Gasteiger partial charge in [-0.2, -0.15) is 0 Å². The molecule has 2 rings (SSSR count). The number of amides is 4. The molecular formula is C43H74N6O2. The molecule has 8 nitrogen and oxygen atoms in total. The summed E-state index contributed by atoms with van der Waals surface area (Å²) >= 11 is 0. The molecule has 4 amide bonds. The fourth-order valence-corrected chi connectivity index (χ4v) is 6.41. The molecule has 0 aliphatic rings. The number of hydrogen-bond acceptors (Lipinski definition) is 4. The Morgan fingerprint density at radius 3 is 1.18 bits per heavy atom. The maximum absolute atomic E-state index is 12.6. The van der Waals surface area contributed by atoms with Crippen LogP contribution in [0.2, 0.25) is 0 Å². The fourth-order valence-electron chi connectivity index (χ4n) is 6.41. The molecular weight excluding hydrogens is 633 g/mol. The van der Waals surface area contributed by atoms with Crippen LogP contribution in [0.5, 0.6) is 0 Å². The predicted molar refractivity (Wildman–Crippen MR) is 219 cm³/mol. The molecule has 0 unspecified atom stereocenters. The molecule has 0 saturated heterocycles. The maximum atomic E-state index is 12.6. The molecule has 8 heteroatoms. The zero-order valence-electron chi connectivity index (χ0n) is 33.0. The van der Waals surface area contributed by atoms with Gasteiger partial charge in [0.15, 0.2) is 0 Å². The monoisotopic (exact) mass is 707 g/mol. The zero-order chi connectivity index (χ0) is 36.8. The number of nitrogens with one attached hydrogen (secondary N) is 4. The Morgan fingerprint density at radius 1 is 0.490 bits per heavy atom. The van der Waals surface area contributed by atoms with Crippen molar-refractivity contribution >= 4 is 23.4 Å². The number of anilines is 2. The van der Waals surface area contributed by atoms with E-state index in [4.69, 9.17) is 0 Å². The molecule has 0 spiro atoms. The van der Waals surface area contributed by atoms with Crippen LogP contribution in [0.25, 0.3) is 0 Å². The molecule has 0 aromatic heterocycles. The first-order chi connectivity index (χ1) is 24.9. The lowest BCUT2D eigenvalue weighted by atomic mass is 10.0. The molecule has 0 atom stereocenters. The summed E-state index contributed by atoms with van der Waals surface area (Å²) in [6.07, 6.45) is 27.2. The van der Waals surface area contributed by atoms with Gasteiger partial charge in [0.1, 0.15) is 0 Å². The fraction of sp³-hybridized carbons (Fsp3) is 0.674. The van der Waals surface area contributed by atoms with Crippen molar-refractivity contribution in [1.82, 2.24) is 20.4 Å². The van der Waals surface area contributed by atoms with Gasteiger partial charge in [-0.1, -0.05) is 154 Å². The predicted octanol–water partition coefficient (Wildman–Crippen LogP) is 11.1. The number of nitrogens with zero attached hydrogens (tertiary/aromatic N) is 2. The Morgan fingerprint density at radius 2 is 0.824 bits per heavy atom. The quantitative estimate of drug-likeness (QED) is 0.0481. The van der Waals surface area contributed by atoms with Crippen LogP contribution in [-0.2, 0) is 6.42 Å². The topological polar surface area (TPSA) is 88.7 Å². The van der Waals surface area contributed by atoms with E-state index in [9.17, 15) is 9.59 Å². The highest BCUT2D eigenvalue weighted by Gasteiger charge is 2.08. The van der Waals surface area contributed by atoms with Gasteiger partial charge in [-0.3, -0.25) is 9.80 Å². The van der Waals surface area contributed by atoms with Crippen molar-refractivity contribution in [3.8, 4) is 0 Å². The number of urea groups is 2. The minimum Gasteiger partial charge on any atom is -0.325 e. The highest BCUT2D eigenvalue weighted by atomic mass is 16.2. The molecule has 2 aromatic carbocycles. The zero-order valence-corrected chi connectivity index (χ0v) is 33.0. The number of carbonyl (C=O) groups is 2. The van der Waals surface area contributed by atoms with Crippen LogP contribution in [-0.4, -0.2) is 62.4 Å². The summed E-state index contributed by atoms with van der Waals surface area (Å²) in [4.78, 5) is 29.5. The summed E-state index contributed by atoms with van der Waals surface area (Å²) in [6, 6.07) is 15.5. The molecule has 0 fully saturated rings. The van der Waals surface area contributed by atoms with Gasteiger partial charge in [-0.25, -0.2) is 9.59 Å². The number of rotatable bonds is 30. The van der Waals surface area contributed by atoms with Gasteiger partial charge in [-0.15, -0.1) is 0 Å². The SMILES string of the molecule is CCCCCCCCCCCCN(C)CNC(=O)Nc1cccc(Cc2cccc(NC(=O)NCN(C)CCCCCCCCCCCC)c2)c1. The minimum atomic E-state index is -0.201. The van der Waals surface area contributed by atoms with Gasteiger partial charge in [0.05, 0.1) is 13.3 Å². The molecule has 0 heterocycles. The number of benzene rings is 2. The maximum Gasteiger partial charge on any atom is 0.320 e. The van der Waals surface area contributed by atoms with Crippen molar-refractivity contribution in [2.45, 2.75) is 149 Å².